The minimum atomic E-state index is -3.88. The lowest BCUT2D eigenvalue weighted by atomic mass is 10.0. The predicted molar refractivity (Wildman–Crippen MR) is 188 cm³/mol. The molecular formula is C35H37ClN8O4S. The Balaban J connectivity index is 1.12. The lowest BCUT2D eigenvalue weighted by molar-refractivity contribution is 0.0220. The third-order valence-corrected chi connectivity index (χ3v) is 10.6. The van der Waals surface area contributed by atoms with E-state index in [1.807, 2.05) is 32.9 Å². The normalized spacial score (nSPS) is 16.8. The number of carbonyl (C=O) groups is 1. The van der Waals surface area contributed by atoms with Crippen LogP contribution in [0.15, 0.2) is 78.2 Å². The number of hydrogen-bond acceptors (Lipinski definition) is 10. The van der Waals surface area contributed by atoms with Crippen LogP contribution in [0.2, 0.25) is 5.02 Å². The number of aromatic nitrogens is 5. The van der Waals surface area contributed by atoms with Crippen molar-refractivity contribution in [2.45, 2.75) is 63.1 Å². The van der Waals surface area contributed by atoms with Gasteiger partial charge in [0.2, 0.25) is 5.95 Å². The molecule has 3 aromatic heterocycles. The fourth-order valence-corrected chi connectivity index (χ4v) is 8.01. The SMILES string of the molecule is CC(C)(C)OC(=O)N1CCc2c(ncnc2N2CCC[C@@H](Nc3ncc(Cl)c(-c4cn(S(=O)(=O)c5ccccc5)c5ccccc45)n3)C2)C1. The first-order valence-electron chi connectivity index (χ1n) is 16.2. The lowest BCUT2D eigenvalue weighted by Crippen LogP contribution is -2.44. The van der Waals surface area contributed by atoms with E-state index in [9.17, 15) is 13.2 Å². The van der Waals surface area contributed by atoms with E-state index >= 15 is 0 Å². The molecule has 2 aliphatic heterocycles. The van der Waals surface area contributed by atoms with E-state index in [0.29, 0.717) is 59.2 Å². The van der Waals surface area contributed by atoms with Crippen molar-refractivity contribution >= 4 is 50.4 Å². The standard InChI is InChI=1S/C35H37ClN8O4S/c1-35(2,3)48-34(45)43-17-15-26-29(21-43)38-22-39-32(26)42-16-9-10-23(19-42)40-33-37-18-28(36)31(41-33)27-20-44(30-14-8-7-13-25(27)30)49(46,47)24-11-5-4-6-12-24/h4-8,11-14,18,20,22-23H,9-10,15-17,19,21H2,1-3H3,(H,37,40,41)/t23-/m1/s1. The predicted octanol–water partition coefficient (Wildman–Crippen LogP) is 6.15. The molecule has 0 saturated carbocycles. The van der Waals surface area contributed by atoms with Crippen molar-refractivity contribution in [3.05, 3.63) is 89.6 Å². The Bertz CT molecular complexity index is 2140. The van der Waals surface area contributed by atoms with Crippen LogP contribution in [0.3, 0.4) is 0 Å². The summed E-state index contributed by atoms with van der Waals surface area (Å²) in [6.07, 6.45) is 6.80. The molecule has 12 nitrogen and oxygen atoms in total. The zero-order chi connectivity index (χ0) is 34.3. The second-order valence-corrected chi connectivity index (χ2v) is 15.5. The van der Waals surface area contributed by atoms with Crippen LogP contribution in [0.25, 0.3) is 22.2 Å². The zero-order valence-corrected chi connectivity index (χ0v) is 29.1. The average Bonchev–Trinajstić information content (AvgIpc) is 3.49. The molecule has 49 heavy (non-hydrogen) atoms. The molecule has 0 bridgehead atoms. The van der Waals surface area contributed by atoms with Crippen LogP contribution in [0.1, 0.15) is 44.9 Å². The van der Waals surface area contributed by atoms with Gasteiger partial charge >= 0.3 is 6.09 Å². The summed E-state index contributed by atoms with van der Waals surface area (Å²) in [6, 6.07) is 15.6. The summed E-state index contributed by atoms with van der Waals surface area (Å²) in [5, 5.41) is 4.51. The van der Waals surface area contributed by atoms with Crippen molar-refractivity contribution in [3.8, 4) is 11.3 Å². The summed E-state index contributed by atoms with van der Waals surface area (Å²) in [6.45, 7) is 7.98. The van der Waals surface area contributed by atoms with Gasteiger partial charge in [0.05, 0.1) is 39.6 Å². The number of halogens is 1. The van der Waals surface area contributed by atoms with Crippen molar-refractivity contribution in [2.24, 2.45) is 0 Å². The van der Waals surface area contributed by atoms with Gasteiger partial charge in [0.25, 0.3) is 10.0 Å². The number of piperidine rings is 1. The van der Waals surface area contributed by atoms with Gasteiger partial charge in [-0.3, -0.25) is 0 Å². The first kappa shape index (κ1) is 32.8. The fourth-order valence-electron chi connectivity index (χ4n) is 6.43. The highest BCUT2D eigenvalue weighted by Gasteiger charge is 2.31. The lowest BCUT2D eigenvalue weighted by Gasteiger charge is -2.37. The number of rotatable bonds is 6. The molecule has 1 N–H and O–H groups in total. The van der Waals surface area contributed by atoms with Crippen molar-refractivity contribution in [1.29, 1.82) is 0 Å². The minimum absolute atomic E-state index is 0.00930. The second-order valence-electron chi connectivity index (χ2n) is 13.3. The Labute approximate surface area is 290 Å². The number of fused-ring (bicyclic) bond motifs is 2. The van der Waals surface area contributed by atoms with Gasteiger partial charge in [-0.2, -0.15) is 0 Å². The molecule has 1 fully saturated rings. The van der Waals surface area contributed by atoms with Crippen molar-refractivity contribution in [2.75, 3.05) is 29.9 Å². The molecule has 254 valence electrons. The number of para-hydroxylation sites is 1. The third kappa shape index (κ3) is 6.64. The third-order valence-electron chi connectivity index (χ3n) is 8.67. The largest absolute Gasteiger partial charge is 0.444 e. The fraction of sp³-hybridized carbons (Fsp3) is 0.343. The van der Waals surface area contributed by atoms with E-state index in [4.69, 9.17) is 21.3 Å². The molecule has 0 radical (unpaired) electrons. The number of ether oxygens (including phenoxy) is 1. The molecule has 1 amide bonds. The number of carbonyl (C=O) groups excluding carboxylic acids is 1. The number of nitrogens with one attached hydrogen (secondary N) is 1. The molecule has 14 heteroatoms. The van der Waals surface area contributed by atoms with E-state index in [2.05, 4.69) is 25.2 Å². The Morgan fingerprint density at radius 3 is 2.59 bits per heavy atom. The molecule has 1 saturated heterocycles. The molecule has 2 aromatic carbocycles. The maximum atomic E-state index is 13.7. The molecule has 0 unspecified atom stereocenters. The van der Waals surface area contributed by atoms with Gasteiger partial charge in [-0.15, -0.1) is 0 Å². The maximum absolute atomic E-state index is 13.7. The van der Waals surface area contributed by atoms with Crippen LogP contribution in [-0.2, 0) is 27.7 Å². The van der Waals surface area contributed by atoms with Crippen molar-refractivity contribution < 1.29 is 17.9 Å². The Hall–Kier alpha value is -4.75. The van der Waals surface area contributed by atoms with E-state index in [1.165, 1.54) is 3.97 Å². The van der Waals surface area contributed by atoms with Gasteiger partial charge in [-0.1, -0.05) is 48.0 Å². The number of anilines is 2. The molecule has 0 spiro atoms. The monoisotopic (exact) mass is 700 g/mol. The number of nitrogens with zero attached hydrogens (tertiary/aromatic N) is 7. The van der Waals surface area contributed by atoms with Crippen LogP contribution < -0.4 is 10.2 Å². The van der Waals surface area contributed by atoms with Gasteiger partial charge < -0.3 is 19.9 Å². The molecule has 5 heterocycles. The summed E-state index contributed by atoms with van der Waals surface area (Å²) in [5.74, 6) is 1.28. The Kier molecular flexibility index (Phi) is 8.65. The molecule has 2 aliphatic rings. The van der Waals surface area contributed by atoms with Crippen LogP contribution in [-0.4, -0.2) is 74.6 Å². The van der Waals surface area contributed by atoms with E-state index in [1.54, 1.807) is 66.1 Å². The topological polar surface area (TPSA) is 135 Å². The average molecular weight is 701 g/mol. The molecule has 7 rings (SSSR count). The number of amides is 1. The molecule has 5 aromatic rings. The van der Waals surface area contributed by atoms with Crippen LogP contribution >= 0.6 is 11.6 Å². The highest BCUT2D eigenvalue weighted by atomic mass is 35.5. The Morgan fingerprint density at radius 2 is 1.80 bits per heavy atom. The minimum Gasteiger partial charge on any atom is -0.444 e. The van der Waals surface area contributed by atoms with Crippen LogP contribution in [0.4, 0.5) is 16.6 Å². The summed E-state index contributed by atoms with van der Waals surface area (Å²) in [5.41, 5.74) is 2.86. The Morgan fingerprint density at radius 1 is 1.02 bits per heavy atom. The first-order valence-corrected chi connectivity index (χ1v) is 18.1. The van der Waals surface area contributed by atoms with E-state index in [0.717, 1.165) is 36.5 Å². The number of hydrogen-bond donors (Lipinski definition) is 1. The summed E-state index contributed by atoms with van der Waals surface area (Å²) >= 11 is 6.68. The highest BCUT2D eigenvalue weighted by molar-refractivity contribution is 7.90. The van der Waals surface area contributed by atoms with Gasteiger partial charge in [0.15, 0.2) is 0 Å². The van der Waals surface area contributed by atoms with Gasteiger partial charge in [-0.05, 0) is 58.2 Å². The van der Waals surface area contributed by atoms with Gasteiger partial charge in [0.1, 0.15) is 17.7 Å². The molecular weight excluding hydrogens is 664 g/mol. The zero-order valence-electron chi connectivity index (χ0n) is 27.5. The van der Waals surface area contributed by atoms with Crippen LogP contribution in [0, 0.1) is 0 Å². The maximum Gasteiger partial charge on any atom is 0.410 e. The highest BCUT2D eigenvalue weighted by Crippen LogP contribution is 2.36. The summed E-state index contributed by atoms with van der Waals surface area (Å²) in [7, 11) is -3.88. The van der Waals surface area contributed by atoms with E-state index < -0.39 is 15.6 Å². The number of benzene rings is 2. The van der Waals surface area contributed by atoms with Crippen molar-refractivity contribution in [1.82, 2.24) is 28.8 Å². The first-order chi connectivity index (χ1) is 23.5. The summed E-state index contributed by atoms with van der Waals surface area (Å²) < 4.78 is 34.2. The van der Waals surface area contributed by atoms with Crippen molar-refractivity contribution in [3.63, 3.8) is 0 Å². The summed E-state index contributed by atoms with van der Waals surface area (Å²) in [4.78, 5) is 35.4. The smallest absolute Gasteiger partial charge is 0.410 e. The molecule has 0 aliphatic carbocycles. The molecule has 1 atom stereocenters. The van der Waals surface area contributed by atoms with Crippen LogP contribution in [0.5, 0.6) is 0 Å². The quantitative estimate of drug-likeness (QED) is 0.220. The second kappa shape index (κ2) is 12.9. The van der Waals surface area contributed by atoms with Gasteiger partial charge in [-0.25, -0.2) is 37.1 Å². The van der Waals surface area contributed by atoms with E-state index in [-0.39, 0.29) is 17.0 Å². The van der Waals surface area contributed by atoms with Gasteiger partial charge in [0, 0.05) is 48.4 Å².